The summed E-state index contributed by atoms with van der Waals surface area (Å²) in [6.45, 7) is 4.50. The molecular formula is C12H14ClN3. The van der Waals surface area contributed by atoms with E-state index in [9.17, 15) is 0 Å². The van der Waals surface area contributed by atoms with Crippen molar-refractivity contribution >= 4 is 28.6 Å². The van der Waals surface area contributed by atoms with Crippen LogP contribution in [0.4, 0.5) is 5.95 Å². The summed E-state index contributed by atoms with van der Waals surface area (Å²) < 4.78 is 2.13. The Morgan fingerprint density at radius 1 is 1.50 bits per heavy atom. The highest BCUT2D eigenvalue weighted by Gasteiger charge is 2.48. The number of fused-ring (bicyclic) bond motifs is 1. The molecule has 1 aromatic carbocycles. The minimum Gasteiger partial charge on any atom is -0.369 e. The third kappa shape index (κ3) is 1.31. The maximum absolute atomic E-state index is 5.97. The smallest absolute Gasteiger partial charge is 0.201 e. The van der Waals surface area contributed by atoms with E-state index < -0.39 is 0 Å². The lowest BCUT2D eigenvalue weighted by Crippen LogP contribution is -2.04. The van der Waals surface area contributed by atoms with Crippen molar-refractivity contribution in [2.45, 2.75) is 26.3 Å². The van der Waals surface area contributed by atoms with E-state index in [4.69, 9.17) is 17.3 Å². The van der Waals surface area contributed by atoms with Gasteiger partial charge in [0.2, 0.25) is 5.95 Å². The van der Waals surface area contributed by atoms with Gasteiger partial charge in [0.15, 0.2) is 0 Å². The van der Waals surface area contributed by atoms with Crippen molar-refractivity contribution in [2.75, 3.05) is 5.73 Å². The van der Waals surface area contributed by atoms with Crippen LogP contribution in [0.15, 0.2) is 18.2 Å². The maximum atomic E-state index is 5.97. The quantitative estimate of drug-likeness (QED) is 0.825. The van der Waals surface area contributed by atoms with Gasteiger partial charge in [0.1, 0.15) is 0 Å². The minimum atomic E-state index is 0.335. The second-order valence-corrected chi connectivity index (χ2v) is 5.62. The molecule has 0 radical (unpaired) electrons. The molecule has 4 heteroatoms. The molecule has 1 aromatic heterocycles. The molecule has 0 aliphatic heterocycles. The lowest BCUT2D eigenvalue weighted by atomic mass is 10.2. The highest BCUT2D eigenvalue weighted by Crippen LogP contribution is 2.57. The number of imidazole rings is 1. The zero-order valence-electron chi connectivity index (χ0n) is 9.37. The summed E-state index contributed by atoms with van der Waals surface area (Å²) in [7, 11) is 0. The summed E-state index contributed by atoms with van der Waals surface area (Å²) >= 11 is 5.94. The van der Waals surface area contributed by atoms with Crippen molar-refractivity contribution in [1.29, 1.82) is 0 Å². The molecule has 0 saturated heterocycles. The summed E-state index contributed by atoms with van der Waals surface area (Å²) in [6.07, 6.45) is 1.16. The van der Waals surface area contributed by atoms with Crippen LogP contribution in [-0.2, 0) is 0 Å². The molecule has 1 heterocycles. The molecule has 3 rings (SSSR count). The number of hydrogen-bond donors (Lipinski definition) is 1. The van der Waals surface area contributed by atoms with Gasteiger partial charge in [0.05, 0.1) is 11.0 Å². The first-order valence-electron chi connectivity index (χ1n) is 5.42. The Morgan fingerprint density at radius 3 is 2.81 bits per heavy atom. The van der Waals surface area contributed by atoms with E-state index in [-0.39, 0.29) is 0 Å². The van der Waals surface area contributed by atoms with Gasteiger partial charge in [0.25, 0.3) is 0 Å². The third-order valence-corrected chi connectivity index (χ3v) is 3.69. The average molecular weight is 236 g/mol. The van der Waals surface area contributed by atoms with Crippen LogP contribution >= 0.6 is 11.6 Å². The summed E-state index contributed by atoms with van der Waals surface area (Å²) in [5.74, 6) is 0.591. The third-order valence-electron chi connectivity index (χ3n) is 3.45. The number of aromatic nitrogens is 2. The number of anilines is 1. The lowest BCUT2D eigenvalue weighted by molar-refractivity contribution is 0.553. The first kappa shape index (κ1) is 9.97. The minimum absolute atomic E-state index is 0.335. The second-order valence-electron chi connectivity index (χ2n) is 5.18. The zero-order chi connectivity index (χ0) is 11.5. The summed E-state index contributed by atoms with van der Waals surface area (Å²) in [5.41, 5.74) is 8.27. The van der Waals surface area contributed by atoms with Gasteiger partial charge < -0.3 is 10.3 Å². The van der Waals surface area contributed by atoms with Gasteiger partial charge in [-0.15, -0.1) is 0 Å². The van der Waals surface area contributed by atoms with Crippen LogP contribution in [0.5, 0.6) is 0 Å². The molecular weight excluding hydrogens is 222 g/mol. The van der Waals surface area contributed by atoms with E-state index in [0.29, 0.717) is 22.4 Å². The number of halogens is 1. The van der Waals surface area contributed by atoms with Crippen molar-refractivity contribution < 1.29 is 0 Å². The Hall–Kier alpha value is -1.22. The van der Waals surface area contributed by atoms with Crippen LogP contribution in [0, 0.1) is 5.41 Å². The molecule has 3 nitrogen and oxygen atoms in total. The number of nitrogens with two attached hydrogens (primary N) is 1. The number of hydrogen-bond acceptors (Lipinski definition) is 2. The zero-order valence-corrected chi connectivity index (χ0v) is 10.1. The SMILES string of the molecule is CC1(C)CC1n1c(N)nc2cc(Cl)ccc21. The molecule has 16 heavy (non-hydrogen) atoms. The standard InChI is InChI=1S/C12H14ClN3/c1-12(2)6-10(12)16-9-4-3-7(13)5-8(9)15-11(16)14/h3-5,10H,6H2,1-2H3,(H2,14,15). The van der Waals surface area contributed by atoms with Crippen molar-refractivity contribution in [3.8, 4) is 0 Å². The fraction of sp³-hybridized carbons (Fsp3) is 0.417. The Kier molecular flexibility index (Phi) is 1.82. The van der Waals surface area contributed by atoms with Crippen LogP contribution < -0.4 is 5.73 Å². The summed E-state index contributed by atoms with van der Waals surface area (Å²) in [6, 6.07) is 6.21. The Balaban J connectivity index is 2.21. The van der Waals surface area contributed by atoms with Gasteiger partial charge in [-0.05, 0) is 30.0 Å². The maximum Gasteiger partial charge on any atom is 0.201 e. The van der Waals surface area contributed by atoms with Crippen LogP contribution in [0.25, 0.3) is 11.0 Å². The van der Waals surface area contributed by atoms with Crippen molar-refractivity contribution in [2.24, 2.45) is 5.41 Å². The number of nitrogen functional groups attached to an aromatic ring is 1. The van der Waals surface area contributed by atoms with Gasteiger partial charge in [-0.3, -0.25) is 0 Å². The molecule has 1 atom stereocenters. The first-order valence-corrected chi connectivity index (χ1v) is 5.80. The molecule has 0 amide bonds. The Bertz CT molecular complexity index is 571. The van der Waals surface area contributed by atoms with Crippen LogP contribution in [0.1, 0.15) is 26.3 Å². The molecule has 2 N–H and O–H groups in total. The molecule has 1 unspecified atom stereocenters. The van der Waals surface area contributed by atoms with Gasteiger partial charge >= 0.3 is 0 Å². The molecule has 84 valence electrons. The molecule has 1 aliphatic rings. The average Bonchev–Trinajstić information content (AvgIpc) is 2.67. The predicted octanol–water partition coefficient (Wildman–Crippen LogP) is 3.24. The number of rotatable bonds is 1. The molecule has 0 spiro atoms. The second kappa shape index (κ2) is 2.92. The van der Waals surface area contributed by atoms with Crippen LogP contribution in [0.3, 0.4) is 0 Å². The Morgan fingerprint density at radius 2 is 2.19 bits per heavy atom. The predicted molar refractivity (Wildman–Crippen MR) is 66.6 cm³/mol. The monoisotopic (exact) mass is 235 g/mol. The topological polar surface area (TPSA) is 43.8 Å². The van der Waals surface area contributed by atoms with E-state index in [0.717, 1.165) is 17.5 Å². The molecule has 1 fully saturated rings. The lowest BCUT2D eigenvalue weighted by Gasteiger charge is -2.08. The van der Waals surface area contributed by atoms with E-state index >= 15 is 0 Å². The molecule has 2 aromatic rings. The Labute approximate surface area is 99.2 Å². The summed E-state index contributed by atoms with van der Waals surface area (Å²) in [4.78, 5) is 4.36. The largest absolute Gasteiger partial charge is 0.369 e. The van der Waals surface area contributed by atoms with Gasteiger partial charge in [0, 0.05) is 11.1 Å². The molecule has 0 bridgehead atoms. The van der Waals surface area contributed by atoms with Crippen LogP contribution in [0.2, 0.25) is 5.02 Å². The fourth-order valence-electron chi connectivity index (χ4n) is 2.30. The highest BCUT2D eigenvalue weighted by atomic mass is 35.5. The van der Waals surface area contributed by atoms with Gasteiger partial charge in [-0.25, -0.2) is 4.98 Å². The van der Waals surface area contributed by atoms with Gasteiger partial charge in [-0.2, -0.15) is 0 Å². The first-order chi connectivity index (χ1) is 7.49. The fourth-order valence-corrected chi connectivity index (χ4v) is 2.46. The highest BCUT2D eigenvalue weighted by molar-refractivity contribution is 6.31. The molecule has 1 aliphatic carbocycles. The normalized spacial score (nSPS) is 22.6. The van der Waals surface area contributed by atoms with E-state index in [1.165, 1.54) is 0 Å². The van der Waals surface area contributed by atoms with E-state index in [1.54, 1.807) is 0 Å². The summed E-state index contributed by atoms with van der Waals surface area (Å²) in [5, 5.41) is 0.701. The van der Waals surface area contributed by atoms with Gasteiger partial charge in [-0.1, -0.05) is 25.4 Å². The van der Waals surface area contributed by atoms with E-state index in [2.05, 4.69) is 23.4 Å². The number of benzene rings is 1. The van der Waals surface area contributed by atoms with Crippen molar-refractivity contribution in [1.82, 2.24) is 9.55 Å². The van der Waals surface area contributed by atoms with Crippen molar-refractivity contribution in [3.05, 3.63) is 23.2 Å². The van der Waals surface area contributed by atoms with Crippen LogP contribution in [-0.4, -0.2) is 9.55 Å². The number of nitrogens with zero attached hydrogens (tertiary/aromatic N) is 2. The van der Waals surface area contributed by atoms with Crippen molar-refractivity contribution in [3.63, 3.8) is 0 Å². The van der Waals surface area contributed by atoms with E-state index in [1.807, 2.05) is 18.2 Å². The molecule has 1 saturated carbocycles.